The van der Waals surface area contributed by atoms with Crippen LogP contribution in [0.2, 0.25) is 0 Å². The van der Waals surface area contributed by atoms with Gasteiger partial charge in [-0.25, -0.2) is 5.84 Å². The van der Waals surface area contributed by atoms with Crippen LogP contribution in [0.15, 0.2) is 30.3 Å². The van der Waals surface area contributed by atoms with E-state index in [2.05, 4.69) is 5.43 Å². The number of amides is 2. The normalized spacial score (nSPS) is 10.2. The molecule has 0 radical (unpaired) electrons. The van der Waals surface area contributed by atoms with Gasteiger partial charge < -0.3 is 10.5 Å². The van der Waals surface area contributed by atoms with Crippen molar-refractivity contribution in [3.63, 3.8) is 0 Å². The smallest absolute Gasteiger partial charge is 0.275 e. The van der Waals surface area contributed by atoms with Gasteiger partial charge in [0.25, 0.3) is 11.8 Å². The fourth-order valence-electron chi connectivity index (χ4n) is 1.80. The van der Waals surface area contributed by atoms with Gasteiger partial charge in [0.05, 0.1) is 10.4 Å². The number of hydrogen-bond acceptors (Lipinski definition) is 5. The van der Waals surface area contributed by atoms with E-state index in [9.17, 15) is 9.59 Å². The number of nitrogen functional groups attached to an aromatic ring is 1. The van der Waals surface area contributed by atoms with Crippen molar-refractivity contribution in [1.82, 2.24) is 5.43 Å². The van der Waals surface area contributed by atoms with Gasteiger partial charge in [-0.2, -0.15) is 0 Å². The van der Waals surface area contributed by atoms with Crippen molar-refractivity contribution in [2.75, 3.05) is 0 Å². The van der Waals surface area contributed by atoms with E-state index in [0.717, 1.165) is 10.4 Å². The standard InChI is InChI=1S/C14H15N3O3S/c1-8-9(6-12(21-8)14(19)17-16)7-20-11-5-3-2-4-10(11)13(15)18/h2-6H,7,16H2,1H3,(H2,15,18)(H,17,19). The Hall–Kier alpha value is -2.38. The minimum Gasteiger partial charge on any atom is -0.488 e. The number of nitrogens with one attached hydrogen (secondary N) is 1. The van der Waals surface area contributed by atoms with E-state index in [1.54, 1.807) is 30.3 Å². The minimum atomic E-state index is -0.546. The van der Waals surface area contributed by atoms with Crippen molar-refractivity contribution in [3.8, 4) is 5.75 Å². The first kappa shape index (κ1) is 15.0. The van der Waals surface area contributed by atoms with Crippen molar-refractivity contribution in [2.24, 2.45) is 11.6 Å². The Kier molecular flexibility index (Phi) is 4.56. The highest BCUT2D eigenvalue weighted by Gasteiger charge is 2.13. The molecule has 2 amide bonds. The van der Waals surface area contributed by atoms with Crippen LogP contribution in [-0.4, -0.2) is 11.8 Å². The quantitative estimate of drug-likeness (QED) is 0.440. The zero-order valence-electron chi connectivity index (χ0n) is 11.4. The van der Waals surface area contributed by atoms with Gasteiger partial charge in [-0.1, -0.05) is 12.1 Å². The van der Waals surface area contributed by atoms with E-state index in [1.807, 2.05) is 6.92 Å². The Morgan fingerprint density at radius 2 is 2.05 bits per heavy atom. The number of primary amides is 1. The third-order valence-corrected chi connectivity index (χ3v) is 4.00. The molecule has 2 aromatic rings. The predicted octanol–water partition coefficient (Wildman–Crippen LogP) is 1.34. The van der Waals surface area contributed by atoms with Gasteiger partial charge in [-0.05, 0) is 25.1 Å². The molecule has 1 heterocycles. The number of rotatable bonds is 5. The summed E-state index contributed by atoms with van der Waals surface area (Å²) in [6.45, 7) is 2.13. The van der Waals surface area contributed by atoms with Gasteiger partial charge in [-0.3, -0.25) is 15.0 Å². The summed E-state index contributed by atoms with van der Waals surface area (Å²) in [4.78, 5) is 24.2. The molecule has 0 saturated heterocycles. The lowest BCUT2D eigenvalue weighted by Gasteiger charge is -2.09. The number of thiophene rings is 1. The number of carbonyl (C=O) groups is 2. The molecule has 2 rings (SSSR count). The summed E-state index contributed by atoms with van der Waals surface area (Å²) in [6, 6.07) is 8.47. The molecule has 0 fully saturated rings. The van der Waals surface area contributed by atoms with Crippen molar-refractivity contribution >= 4 is 23.2 Å². The summed E-state index contributed by atoms with van der Waals surface area (Å²) in [5.41, 5.74) is 8.56. The first-order valence-electron chi connectivity index (χ1n) is 6.14. The maximum Gasteiger partial charge on any atom is 0.275 e. The molecular formula is C14H15N3O3S. The molecule has 0 saturated carbocycles. The summed E-state index contributed by atoms with van der Waals surface area (Å²) in [5.74, 6) is 4.64. The van der Waals surface area contributed by atoms with Crippen molar-refractivity contribution < 1.29 is 14.3 Å². The molecule has 6 nitrogen and oxygen atoms in total. The molecule has 5 N–H and O–H groups in total. The summed E-state index contributed by atoms with van der Waals surface area (Å²) in [5, 5.41) is 0. The maximum atomic E-state index is 11.5. The fourth-order valence-corrected chi connectivity index (χ4v) is 2.73. The Balaban J connectivity index is 2.15. The number of hydrogen-bond donors (Lipinski definition) is 3. The van der Waals surface area contributed by atoms with Gasteiger partial charge in [0.15, 0.2) is 0 Å². The van der Waals surface area contributed by atoms with Crippen LogP contribution in [0.4, 0.5) is 0 Å². The predicted molar refractivity (Wildman–Crippen MR) is 80.0 cm³/mol. The fraction of sp³-hybridized carbons (Fsp3) is 0.143. The number of benzene rings is 1. The van der Waals surface area contributed by atoms with E-state index >= 15 is 0 Å². The van der Waals surface area contributed by atoms with E-state index in [-0.39, 0.29) is 12.5 Å². The lowest BCUT2D eigenvalue weighted by Crippen LogP contribution is -2.29. The van der Waals surface area contributed by atoms with Crippen LogP contribution in [0.5, 0.6) is 5.75 Å². The Morgan fingerprint density at radius 3 is 2.71 bits per heavy atom. The van der Waals surface area contributed by atoms with Crippen LogP contribution < -0.4 is 21.7 Å². The van der Waals surface area contributed by atoms with Crippen LogP contribution in [0.3, 0.4) is 0 Å². The van der Waals surface area contributed by atoms with Crippen LogP contribution in [-0.2, 0) is 6.61 Å². The SMILES string of the molecule is Cc1sc(C(=O)NN)cc1COc1ccccc1C(N)=O. The Bertz CT molecular complexity index is 682. The molecule has 110 valence electrons. The monoisotopic (exact) mass is 305 g/mol. The number of hydrazine groups is 1. The zero-order valence-corrected chi connectivity index (χ0v) is 12.2. The Labute approximate surface area is 125 Å². The van der Waals surface area contributed by atoms with E-state index in [1.165, 1.54) is 11.3 Å². The molecule has 0 aliphatic carbocycles. The van der Waals surface area contributed by atoms with Crippen LogP contribution in [0.25, 0.3) is 0 Å². The molecule has 7 heteroatoms. The number of nitrogens with two attached hydrogens (primary N) is 2. The molecular weight excluding hydrogens is 290 g/mol. The summed E-state index contributed by atoms with van der Waals surface area (Å²) >= 11 is 1.33. The third kappa shape index (κ3) is 3.39. The number of carbonyl (C=O) groups excluding carboxylic acids is 2. The highest BCUT2D eigenvalue weighted by molar-refractivity contribution is 7.14. The first-order chi connectivity index (χ1) is 10.0. The average molecular weight is 305 g/mol. The second kappa shape index (κ2) is 6.38. The molecule has 0 aliphatic rings. The lowest BCUT2D eigenvalue weighted by atomic mass is 10.2. The second-order valence-electron chi connectivity index (χ2n) is 4.31. The van der Waals surface area contributed by atoms with Crippen molar-refractivity contribution in [2.45, 2.75) is 13.5 Å². The maximum absolute atomic E-state index is 11.5. The van der Waals surface area contributed by atoms with Gasteiger partial charge in [0, 0.05) is 10.4 Å². The summed E-state index contributed by atoms with van der Waals surface area (Å²) in [6.07, 6.45) is 0. The van der Waals surface area contributed by atoms with Gasteiger partial charge in [0.1, 0.15) is 12.4 Å². The van der Waals surface area contributed by atoms with Crippen LogP contribution in [0.1, 0.15) is 30.5 Å². The van der Waals surface area contributed by atoms with Crippen molar-refractivity contribution in [1.29, 1.82) is 0 Å². The van der Waals surface area contributed by atoms with E-state index < -0.39 is 5.91 Å². The average Bonchev–Trinajstić information content (AvgIpc) is 2.85. The van der Waals surface area contributed by atoms with Crippen molar-refractivity contribution in [3.05, 3.63) is 51.2 Å². The summed E-state index contributed by atoms with van der Waals surface area (Å²) in [7, 11) is 0. The highest BCUT2D eigenvalue weighted by atomic mass is 32.1. The van der Waals surface area contributed by atoms with Gasteiger partial charge in [0.2, 0.25) is 0 Å². The summed E-state index contributed by atoms with van der Waals surface area (Å²) < 4.78 is 5.63. The highest BCUT2D eigenvalue weighted by Crippen LogP contribution is 2.24. The number of para-hydroxylation sites is 1. The molecule has 1 aromatic carbocycles. The number of aryl methyl sites for hydroxylation is 1. The van der Waals surface area contributed by atoms with E-state index in [4.69, 9.17) is 16.3 Å². The van der Waals surface area contributed by atoms with E-state index in [0.29, 0.717) is 16.2 Å². The largest absolute Gasteiger partial charge is 0.488 e. The lowest BCUT2D eigenvalue weighted by molar-refractivity contribution is 0.0956. The van der Waals surface area contributed by atoms with Gasteiger partial charge >= 0.3 is 0 Å². The topological polar surface area (TPSA) is 107 Å². The molecule has 0 atom stereocenters. The molecule has 21 heavy (non-hydrogen) atoms. The molecule has 0 aliphatic heterocycles. The Morgan fingerprint density at radius 1 is 1.33 bits per heavy atom. The molecule has 0 unspecified atom stereocenters. The third-order valence-electron chi connectivity index (χ3n) is 2.91. The number of ether oxygens (including phenoxy) is 1. The van der Waals surface area contributed by atoms with Crippen LogP contribution >= 0.6 is 11.3 Å². The molecule has 1 aromatic heterocycles. The molecule has 0 spiro atoms. The minimum absolute atomic E-state index is 0.241. The van der Waals surface area contributed by atoms with Crippen LogP contribution in [0, 0.1) is 6.92 Å². The second-order valence-corrected chi connectivity index (χ2v) is 5.57. The molecule has 0 bridgehead atoms. The first-order valence-corrected chi connectivity index (χ1v) is 6.96. The van der Waals surface area contributed by atoms with Gasteiger partial charge in [-0.15, -0.1) is 11.3 Å². The zero-order chi connectivity index (χ0) is 15.4.